The standard InChI is InChI=1S/C24H37N3O4/c1-7-9-10-14-25-22(29)21(19-13-11-12-18(3)16-19)27(15-8-2)20(28)17-26-23(30)31-24(4,5)6/h8,11-13,16,21H,2,7,9-10,14-15,17H2,1,3-6H3,(H,25,29)(H,26,30). The van der Waals surface area contributed by atoms with E-state index in [0.29, 0.717) is 12.1 Å². The van der Waals surface area contributed by atoms with Crippen molar-refractivity contribution in [3.05, 3.63) is 48.0 Å². The summed E-state index contributed by atoms with van der Waals surface area (Å²) in [6, 6.07) is 6.68. The molecule has 1 atom stereocenters. The Morgan fingerprint density at radius 3 is 2.48 bits per heavy atom. The van der Waals surface area contributed by atoms with Gasteiger partial charge < -0.3 is 20.3 Å². The third kappa shape index (κ3) is 9.68. The number of aryl methyl sites for hydroxylation is 1. The number of nitrogens with one attached hydrogen (secondary N) is 2. The van der Waals surface area contributed by atoms with Gasteiger partial charge in [-0.15, -0.1) is 6.58 Å². The lowest BCUT2D eigenvalue weighted by Gasteiger charge is -2.31. The van der Waals surface area contributed by atoms with Crippen molar-refractivity contribution in [2.45, 2.75) is 65.5 Å². The molecule has 0 radical (unpaired) electrons. The number of unbranched alkanes of at least 4 members (excludes halogenated alkanes) is 2. The summed E-state index contributed by atoms with van der Waals surface area (Å²) in [4.78, 5) is 39.5. The van der Waals surface area contributed by atoms with E-state index in [1.165, 1.54) is 4.90 Å². The Balaban J connectivity index is 3.05. The highest BCUT2D eigenvalue weighted by Gasteiger charge is 2.31. The summed E-state index contributed by atoms with van der Waals surface area (Å²) in [7, 11) is 0. The van der Waals surface area contributed by atoms with E-state index >= 15 is 0 Å². The van der Waals surface area contributed by atoms with E-state index < -0.39 is 23.6 Å². The van der Waals surface area contributed by atoms with Crippen molar-refractivity contribution in [2.24, 2.45) is 0 Å². The Kier molecular flexibility index (Phi) is 10.8. The fourth-order valence-electron chi connectivity index (χ4n) is 3.05. The van der Waals surface area contributed by atoms with Gasteiger partial charge in [-0.05, 0) is 39.7 Å². The predicted molar refractivity (Wildman–Crippen MR) is 123 cm³/mol. The van der Waals surface area contributed by atoms with Crippen LogP contribution >= 0.6 is 0 Å². The number of carbonyl (C=O) groups excluding carboxylic acids is 3. The molecular formula is C24H37N3O4. The lowest BCUT2D eigenvalue weighted by Crippen LogP contribution is -2.48. The summed E-state index contributed by atoms with van der Waals surface area (Å²) in [6.45, 7) is 13.4. The average molecular weight is 432 g/mol. The highest BCUT2D eigenvalue weighted by atomic mass is 16.6. The zero-order chi connectivity index (χ0) is 23.4. The van der Waals surface area contributed by atoms with E-state index in [1.807, 2.05) is 31.2 Å². The third-order valence-electron chi connectivity index (χ3n) is 4.43. The molecule has 1 aromatic rings. The fraction of sp³-hybridized carbons (Fsp3) is 0.542. The van der Waals surface area contributed by atoms with E-state index in [1.54, 1.807) is 26.8 Å². The second-order valence-corrected chi connectivity index (χ2v) is 8.51. The molecule has 0 bridgehead atoms. The summed E-state index contributed by atoms with van der Waals surface area (Å²) in [6.07, 6.45) is 3.83. The number of nitrogens with zero attached hydrogens (tertiary/aromatic N) is 1. The normalized spacial score (nSPS) is 11.9. The van der Waals surface area contributed by atoms with Gasteiger partial charge in [0.05, 0.1) is 0 Å². The van der Waals surface area contributed by atoms with Crippen molar-refractivity contribution in [1.82, 2.24) is 15.5 Å². The molecule has 7 nitrogen and oxygen atoms in total. The SMILES string of the molecule is C=CCN(C(=O)CNC(=O)OC(C)(C)C)C(C(=O)NCCCCC)c1cccc(C)c1. The molecule has 1 unspecified atom stereocenters. The third-order valence-corrected chi connectivity index (χ3v) is 4.43. The van der Waals surface area contributed by atoms with Crippen molar-refractivity contribution in [3.8, 4) is 0 Å². The van der Waals surface area contributed by atoms with E-state index in [2.05, 4.69) is 24.1 Å². The number of amides is 3. The number of carbonyl (C=O) groups is 3. The van der Waals surface area contributed by atoms with Crippen molar-refractivity contribution in [1.29, 1.82) is 0 Å². The van der Waals surface area contributed by atoms with Gasteiger partial charge in [0.2, 0.25) is 11.8 Å². The van der Waals surface area contributed by atoms with Gasteiger partial charge in [-0.1, -0.05) is 55.7 Å². The smallest absolute Gasteiger partial charge is 0.408 e. The minimum absolute atomic E-state index is 0.163. The Labute approximate surface area is 186 Å². The Hall–Kier alpha value is -2.83. The first-order valence-electron chi connectivity index (χ1n) is 10.8. The molecule has 0 fully saturated rings. The van der Waals surface area contributed by atoms with E-state index in [9.17, 15) is 14.4 Å². The maximum Gasteiger partial charge on any atom is 0.408 e. The van der Waals surface area contributed by atoms with Crippen molar-refractivity contribution in [2.75, 3.05) is 19.6 Å². The molecule has 2 N–H and O–H groups in total. The highest BCUT2D eigenvalue weighted by molar-refractivity contribution is 5.90. The van der Waals surface area contributed by atoms with Crippen LogP contribution in [-0.4, -0.2) is 48.0 Å². The number of ether oxygens (including phenoxy) is 1. The van der Waals surface area contributed by atoms with Gasteiger partial charge in [-0.25, -0.2) is 4.79 Å². The van der Waals surface area contributed by atoms with Crippen LogP contribution in [0.3, 0.4) is 0 Å². The molecule has 0 saturated heterocycles. The monoisotopic (exact) mass is 431 g/mol. The fourth-order valence-corrected chi connectivity index (χ4v) is 3.05. The highest BCUT2D eigenvalue weighted by Crippen LogP contribution is 2.23. The zero-order valence-corrected chi connectivity index (χ0v) is 19.5. The van der Waals surface area contributed by atoms with Gasteiger partial charge >= 0.3 is 6.09 Å². The van der Waals surface area contributed by atoms with Crippen LogP contribution in [-0.2, 0) is 14.3 Å². The largest absolute Gasteiger partial charge is 0.444 e. The van der Waals surface area contributed by atoms with Gasteiger partial charge in [0.25, 0.3) is 0 Å². The number of benzene rings is 1. The molecule has 7 heteroatoms. The molecule has 1 aromatic carbocycles. The van der Waals surface area contributed by atoms with E-state index in [-0.39, 0.29) is 19.0 Å². The molecule has 0 aliphatic carbocycles. The minimum Gasteiger partial charge on any atom is -0.444 e. The van der Waals surface area contributed by atoms with Gasteiger partial charge in [-0.2, -0.15) is 0 Å². The van der Waals surface area contributed by atoms with Crippen molar-refractivity contribution >= 4 is 17.9 Å². The Morgan fingerprint density at radius 1 is 1.19 bits per heavy atom. The molecule has 0 aliphatic heterocycles. The summed E-state index contributed by atoms with van der Waals surface area (Å²) < 4.78 is 5.19. The number of hydrogen-bond donors (Lipinski definition) is 2. The molecule has 0 saturated carbocycles. The lowest BCUT2D eigenvalue weighted by atomic mass is 10.0. The van der Waals surface area contributed by atoms with Gasteiger partial charge in [-0.3, -0.25) is 9.59 Å². The van der Waals surface area contributed by atoms with E-state index in [4.69, 9.17) is 4.74 Å². The first kappa shape index (κ1) is 26.2. The maximum absolute atomic E-state index is 13.1. The lowest BCUT2D eigenvalue weighted by molar-refractivity contribution is -0.139. The second kappa shape index (κ2) is 12.8. The first-order valence-corrected chi connectivity index (χ1v) is 10.8. The molecule has 3 amide bonds. The van der Waals surface area contributed by atoms with Crippen LogP contribution in [0.4, 0.5) is 4.79 Å². The molecule has 0 heterocycles. The molecule has 0 spiro atoms. The quantitative estimate of drug-likeness (QED) is 0.411. The van der Waals surface area contributed by atoms with Crippen LogP contribution in [0, 0.1) is 6.92 Å². The molecule has 31 heavy (non-hydrogen) atoms. The number of hydrogen-bond acceptors (Lipinski definition) is 4. The first-order chi connectivity index (χ1) is 14.6. The van der Waals surface area contributed by atoms with Crippen LogP contribution in [0.15, 0.2) is 36.9 Å². The number of rotatable bonds is 11. The molecule has 0 aliphatic rings. The number of alkyl carbamates (subject to hydrolysis) is 1. The van der Waals surface area contributed by atoms with Crippen LogP contribution in [0.5, 0.6) is 0 Å². The van der Waals surface area contributed by atoms with Crippen LogP contribution in [0.2, 0.25) is 0 Å². The van der Waals surface area contributed by atoms with E-state index in [0.717, 1.165) is 24.8 Å². The summed E-state index contributed by atoms with van der Waals surface area (Å²) >= 11 is 0. The Bertz CT molecular complexity index is 755. The summed E-state index contributed by atoms with van der Waals surface area (Å²) in [5.74, 6) is -0.657. The Morgan fingerprint density at radius 2 is 1.90 bits per heavy atom. The molecule has 1 rings (SSSR count). The second-order valence-electron chi connectivity index (χ2n) is 8.51. The van der Waals surface area contributed by atoms with Crippen LogP contribution in [0.25, 0.3) is 0 Å². The maximum atomic E-state index is 13.1. The summed E-state index contributed by atoms with van der Waals surface area (Å²) in [5, 5.41) is 5.42. The summed E-state index contributed by atoms with van der Waals surface area (Å²) in [5.41, 5.74) is 1.02. The molecule has 172 valence electrons. The average Bonchev–Trinajstić information content (AvgIpc) is 2.68. The molecule has 0 aromatic heterocycles. The topological polar surface area (TPSA) is 87.7 Å². The van der Waals surface area contributed by atoms with Gasteiger partial charge in [0.1, 0.15) is 18.2 Å². The predicted octanol–water partition coefficient (Wildman–Crippen LogP) is 3.88. The van der Waals surface area contributed by atoms with Gasteiger partial charge in [0.15, 0.2) is 0 Å². The minimum atomic E-state index is -0.826. The molecular weight excluding hydrogens is 394 g/mol. The van der Waals surface area contributed by atoms with Crippen molar-refractivity contribution < 1.29 is 19.1 Å². The van der Waals surface area contributed by atoms with Crippen LogP contribution < -0.4 is 10.6 Å². The van der Waals surface area contributed by atoms with Crippen molar-refractivity contribution in [3.63, 3.8) is 0 Å². The van der Waals surface area contributed by atoms with Crippen LogP contribution in [0.1, 0.15) is 64.1 Å². The zero-order valence-electron chi connectivity index (χ0n) is 19.5. The van der Waals surface area contributed by atoms with Gasteiger partial charge in [0, 0.05) is 13.1 Å².